The lowest BCUT2D eigenvalue weighted by molar-refractivity contribution is -0.118. The van der Waals surface area contributed by atoms with E-state index in [0.29, 0.717) is 12.1 Å². The molecule has 1 heterocycles. The average Bonchev–Trinajstić information content (AvgIpc) is 2.97. The molecule has 1 aliphatic heterocycles. The topological polar surface area (TPSA) is 186 Å². The first-order valence-electron chi connectivity index (χ1n) is 12.9. The minimum absolute atomic E-state index is 0.0753. The van der Waals surface area contributed by atoms with Gasteiger partial charge in [-0.3, -0.25) is 9.69 Å². The molecular formula is C31H26N2O10. The van der Waals surface area contributed by atoms with Crippen molar-refractivity contribution < 1.29 is 49.4 Å². The number of phenols is 5. The molecule has 220 valence electrons. The summed E-state index contributed by atoms with van der Waals surface area (Å²) in [6.45, 7) is 0. The number of amides is 1. The van der Waals surface area contributed by atoms with Crippen LogP contribution in [0.3, 0.4) is 0 Å². The summed E-state index contributed by atoms with van der Waals surface area (Å²) >= 11 is 0. The Hall–Kier alpha value is -5.91. The molecule has 12 nitrogen and oxygen atoms in total. The summed E-state index contributed by atoms with van der Waals surface area (Å²) in [6.07, 6.45) is 0.566. The number of aromatic hydroxyl groups is 5. The smallest absolute Gasteiger partial charge is 0.337 e. The van der Waals surface area contributed by atoms with E-state index in [1.54, 1.807) is 12.1 Å². The number of phenolic OH excluding ortho intramolecular Hbond substituents is 5. The fourth-order valence-electron chi connectivity index (χ4n) is 4.96. The standard InChI is InChI=1S/C31H26N2O10/c1-42-30(40)16-5-7-22(34)20(9-16)32-18-11-23(35)28(24(36)12-18)29-25(37)13-19(14-26(29)38)33-21-10-17(31(41)43-2)4-3-15(21)6-8-27(33)39/h3-5,7,9-14,32,34-38H,6,8H2,1-2H3. The van der Waals surface area contributed by atoms with Crippen molar-refractivity contribution in [1.82, 2.24) is 0 Å². The fraction of sp³-hybridized carbons (Fsp3) is 0.129. The van der Waals surface area contributed by atoms with Gasteiger partial charge < -0.3 is 40.3 Å². The van der Waals surface area contributed by atoms with Crippen LogP contribution in [0.4, 0.5) is 22.7 Å². The molecule has 1 aliphatic rings. The van der Waals surface area contributed by atoms with Crippen LogP contribution < -0.4 is 10.2 Å². The normalized spacial score (nSPS) is 12.4. The molecule has 0 spiro atoms. The van der Waals surface area contributed by atoms with Crippen molar-refractivity contribution in [3.05, 3.63) is 77.4 Å². The first-order valence-corrected chi connectivity index (χ1v) is 12.9. The van der Waals surface area contributed by atoms with Gasteiger partial charge in [-0.2, -0.15) is 0 Å². The molecule has 0 atom stereocenters. The van der Waals surface area contributed by atoms with Gasteiger partial charge in [-0.25, -0.2) is 9.59 Å². The fourth-order valence-corrected chi connectivity index (χ4v) is 4.96. The maximum atomic E-state index is 13.0. The van der Waals surface area contributed by atoms with Crippen molar-refractivity contribution in [2.75, 3.05) is 24.4 Å². The largest absolute Gasteiger partial charge is 0.507 e. The Morgan fingerprint density at radius 3 is 1.81 bits per heavy atom. The second-order valence-electron chi connectivity index (χ2n) is 9.66. The predicted octanol–water partition coefficient (Wildman–Crippen LogP) is 4.81. The summed E-state index contributed by atoms with van der Waals surface area (Å²) in [7, 11) is 2.44. The summed E-state index contributed by atoms with van der Waals surface area (Å²) in [6, 6.07) is 13.4. The van der Waals surface area contributed by atoms with Crippen molar-refractivity contribution in [3.63, 3.8) is 0 Å². The second-order valence-corrected chi connectivity index (χ2v) is 9.66. The zero-order chi connectivity index (χ0) is 31.0. The number of nitrogens with zero attached hydrogens (tertiary/aromatic N) is 1. The minimum atomic E-state index is -0.642. The van der Waals surface area contributed by atoms with Gasteiger partial charge in [0.05, 0.1) is 53.5 Å². The Balaban J connectivity index is 1.52. The molecule has 0 radical (unpaired) electrons. The number of hydrogen-bond acceptors (Lipinski definition) is 11. The van der Waals surface area contributed by atoms with E-state index in [1.165, 1.54) is 67.7 Å². The predicted molar refractivity (Wildman–Crippen MR) is 155 cm³/mol. The van der Waals surface area contributed by atoms with Gasteiger partial charge in [0, 0.05) is 36.4 Å². The molecule has 6 N–H and O–H groups in total. The number of aryl methyl sites for hydroxylation is 1. The molecule has 12 heteroatoms. The maximum absolute atomic E-state index is 13.0. The number of anilines is 4. The van der Waals surface area contributed by atoms with Crippen LogP contribution in [0.25, 0.3) is 11.1 Å². The van der Waals surface area contributed by atoms with E-state index in [4.69, 9.17) is 4.74 Å². The van der Waals surface area contributed by atoms with Crippen LogP contribution in [0, 0.1) is 0 Å². The maximum Gasteiger partial charge on any atom is 0.337 e. The van der Waals surface area contributed by atoms with Crippen molar-refractivity contribution in [1.29, 1.82) is 0 Å². The van der Waals surface area contributed by atoms with Gasteiger partial charge in [-0.05, 0) is 42.3 Å². The van der Waals surface area contributed by atoms with E-state index in [-0.39, 0.29) is 57.4 Å². The number of rotatable bonds is 6. The highest BCUT2D eigenvalue weighted by Gasteiger charge is 2.29. The number of nitrogens with one attached hydrogen (secondary N) is 1. The van der Waals surface area contributed by atoms with E-state index < -0.39 is 34.9 Å². The van der Waals surface area contributed by atoms with Gasteiger partial charge in [-0.1, -0.05) is 6.07 Å². The lowest BCUT2D eigenvalue weighted by Gasteiger charge is -2.30. The van der Waals surface area contributed by atoms with Crippen molar-refractivity contribution in [2.45, 2.75) is 12.8 Å². The number of ether oxygens (including phenoxy) is 2. The summed E-state index contributed by atoms with van der Waals surface area (Å²) < 4.78 is 9.46. The van der Waals surface area contributed by atoms with Crippen molar-refractivity contribution >= 4 is 40.6 Å². The molecule has 5 rings (SSSR count). The van der Waals surface area contributed by atoms with E-state index in [9.17, 15) is 39.9 Å². The van der Waals surface area contributed by atoms with E-state index >= 15 is 0 Å². The number of fused-ring (bicyclic) bond motifs is 1. The quantitative estimate of drug-likeness (QED) is 0.134. The molecule has 0 saturated heterocycles. The summed E-state index contributed by atoms with van der Waals surface area (Å²) in [4.78, 5) is 38.2. The molecule has 0 aromatic heterocycles. The van der Waals surface area contributed by atoms with Crippen LogP contribution in [0.5, 0.6) is 28.7 Å². The number of carbonyl (C=O) groups excluding carboxylic acids is 3. The minimum Gasteiger partial charge on any atom is -0.507 e. The summed E-state index contributed by atoms with van der Waals surface area (Å²) in [5.74, 6) is -4.04. The highest BCUT2D eigenvalue weighted by Crippen LogP contribution is 2.50. The lowest BCUT2D eigenvalue weighted by Crippen LogP contribution is -2.31. The Morgan fingerprint density at radius 1 is 0.698 bits per heavy atom. The van der Waals surface area contributed by atoms with Gasteiger partial charge in [0.1, 0.15) is 28.7 Å². The second kappa shape index (κ2) is 11.2. The van der Waals surface area contributed by atoms with Crippen LogP contribution in [-0.2, 0) is 20.7 Å². The Labute approximate surface area is 244 Å². The highest BCUT2D eigenvalue weighted by atomic mass is 16.5. The Kier molecular flexibility index (Phi) is 7.43. The van der Waals surface area contributed by atoms with E-state index in [1.807, 2.05) is 0 Å². The molecule has 0 fully saturated rings. The zero-order valence-electron chi connectivity index (χ0n) is 22.9. The number of benzene rings is 4. The highest BCUT2D eigenvalue weighted by molar-refractivity contribution is 6.05. The molecular weight excluding hydrogens is 560 g/mol. The van der Waals surface area contributed by atoms with Crippen LogP contribution >= 0.6 is 0 Å². The van der Waals surface area contributed by atoms with E-state index in [2.05, 4.69) is 10.1 Å². The molecule has 0 unspecified atom stereocenters. The van der Waals surface area contributed by atoms with Crippen LogP contribution in [0.2, 0.25) is 0 Å². The SMILES string of the molecule is COC(=O)c1ccc(O)c(Nc2cc(O)c(-c3c(O)cc(N4C(=O)CCc5ccc(C(=O)OC)cc54)cc3O)c(O)c2)c1. The molecule has 0 saturated carbocycles. The van der Waals surface area contributed by atoms with Crippen molar-refractivity contribution in [3.8, 4) is 39.9 Å². The summed E-state index contributed by atoms with van der Waals surface area (Å²) in [5.41, 5.74) is 1.13. The first-order chi connectivity index (χ1) is 20.5. The average molecular weight is 587 g/mol. The lowest BCUT2D eigenvalue weighted by atomic mass is 9.96. The first kappa shape index (κ1) is 28.6. The number of carbonyl (C=O) groups is 3. The van der Waals surface area contributed by atoms with Crippen molar-refractivity contribution in [2.24, 2.45) is 0 Å². The molecule has 0 aliphatic carbocycles. The van der Waals surface area contributed by atoms with Gasteiger partial charge in [-0.15, -0.1) is 0 Å². The van der Waals surface area contributed by atoms with Gasteiger partial charge >= 0.3 is 11.9 Å². The van der Waals surface area contributed by atoms with Gasteiger partial charge in [0.25, 0.3) is 0 Å². The molecule has 4 aromatic rings. The Bertz CT molecular complexity index is 1750. The number of hydrogen-bond donors (Lipinski definition) is 6. The number of methoxy groups -OCH3 is 2. The monoisotopic (exact) mass is 586 g/mol. The third-order valence-electron chi connectivity index (χ3n) is 6.99. The van der Waals surface area contributed by atoms with Crippen LogP contribution in [0.15, 0.2) is 60.7 Å². The molecule has 43 heavy (non-hydrogen) atoms. The van der Waals surface area contributed by atoms with Crippen LogP contribution in [-0.4, -0.2) is 57.6 Å². The zero-order valence-corrected chi connectivity index (χ0v) is 22.9. The molecule has 0 bridgehead atoms. The van der Waals surface area contributed by atoms with Gasteiger partial charge in [0.15, 0.2) is 0 Å². The molecule has 1 amide bonds. The van der Waals surface area contributed by atoms with E-state index in [0.717, 1.165) is 5.56 Å². The number of esters is 2. The molecule has 4 aromatic carbocycles. The third-order valence-corrected chi connectivity index (χ3v) is 6.99. The summed E-state index contributed by atoms with van der Waals surface area (Å²) in [5, 5.41) is 56.6. The van der Waals surface area contributed by atoms with Gasteiger partial charge in [0.2, 0.25) is 5.91 Å². The van der Waals surface area contributed by atoms with Crippen LogP contribution in [0.1, 0.15) is 32.7 Å². The third kappa shape index (κ3) is 5.28. The Morgan fingerprint density at radius 2 is 1.23 bits per heavy atom.